The molecule has 0 unspecified atom stereocenters. The molecule has 4 rings (SSSR count). The standard InChI is InChI=1S/C25H19ClFN3O3/c1-14-3-8-19(13-21(14)26)29-23-22(16-4-6-17(27)7-5-16)24(32)30(25(23)33)20-11-9-18(10-12-20)28-15(2)31/h3-13,29H,1-2H3,(H,28,31). The summed E-state index contributed by atoms with van der Waals surface area (Å²) in [4.78, 5) is 39.1. The molecule has 0 radical (unpaired) electrons. The number of aryl methyl sites for hydroxylation is 1. The van der Waals surface area contributed by atoms with Crippen LogP contribution >= 0.6 is 11.6 Å². The molecule has 0 atom stereocenters. The van der Waals surface area contributed by atoms with Crippen molar-refractivity contribution in [2.75, 3.05) is 15.5 Å². The summed E-state index contributed by atoms with van der Waals surface area (Å²) in [5, 5.41) is 6.17. The molecule has 1 aliphatic rings. The average Bonchev–Trinajstić information content (AvgIpc) is 3.01. The Kier molecular flexibility index (Phi) is 5.98. The number of amides is 3. The Morgan fingerprint density at radius 2 is 1.55 bits per heavy atom. The van der Waals surface area contributed by atoms with Gasteiger partial charge in [-0.2, -0.15) is 0 Å². The molecule has 2 N–H and O–H groups in total. The zero-order chi connectivity index (χ0) is 23.7. The van der Waals surface area contributed by atoms with Crippen LogP contribution in [0.25, 0.3) is 5.57 Å². The van der Waals surface area contributed by atoms with Gasteiger partial charge in [-0.05, 0) is 66.6 Å². The van der Waals surface area contributed by atoms with Gasteiger partial charge in [0, 0.05) is 23.3 Å². The van der Waals surface area contributed by atoms with Crippen LogP contribution in [0.4, 0.5) is 21.5 Å². The van der Waals surface area contributed by atoms with Crippen LogP contribution in [0.1, 0.15) is 18.1 Å². The third kappa shape index (κ3) is 4.49. The predicted molar refractivity (Wildman–Crippen MR) is 126 cm³/mol. The molecule has 1 heterocycles. The summed E-state index contributed by atoms with van der Waals surface area (Å²) in [5.74, 6) is -1.82. The summed E-state index contributed by atoms with van der Waals surface area (Å²) >= 11 is 6.22. The molecule has 3 aromatic rings. The molecule has 6 nitrogen and oxygen atoms in total. The Balaban J connectivity index is 1.76. The number of hydrogen-bond donors (Lipinski definition) is 2. The molecular weight excluding hydrogens is 445 g/mol. The van der Waals surface area contributed by atoms with Crippen molar-refractivity contribution >= 4 is 52.0 Å². The third-order valence-electron chi connectivity index (χ3n) is 5.10. The van der Waals surface area contributed by atoms with Crippen molar-refractivity contribution < 1.29 is 18.8 Å². The summed E-state index contributed by atoms with van der Waals surface area (Å²) in [7, 11) is 0. The highest BCUT2D eigenvalue weighted by Crippen LogP contribution is 2.34. The lowest BCUT2D eigenvalue weighted by Crippen LogP contribution is -2.32. The van der Waals surface area contributed by atoms with Crippen molar-refractivity contribution in [3.8, 4) is 0 Å². The quantitative estimate of drug-likeness (QED) is 0.513. The van der Waals surface area contributed by atoms with Gasteiger partial charge in [0.1, 0.15) is 11.5 Å². The van der Waals surface area contributed by atoms with Crippen LogP contribution in [-0.4, -0.2) is 17.7 Å². The number of rotatable bonds is 5. The van der Waals surface area contributed by atoms with Gasteiger partial charge in [-0.3, -0.25) is 14.4 Å². The van der Waals surface area contributed by atoms with E-state index in [1.807, 2.05) is 6.92 Å². The van der Waals surface area contributed by atoms with E-state index >= 15 is 0 Å². The maximum absolute atomic E-state index is 13.5. The van der Waals surface area contributed by atoms with E-state index in [1.165, 1.54) is 31.2 Å². The Hall–Kier alpha value is -3.97. The number of halogens is 2. The second-order valence-electron chi connectivity index (χ2n) is 7.52. The molecule has 0 saturated carbocycles. The molecule has 3 amide bonds. The van der Waals surface area contributed by atoms with Gasteiger partial charge >= 0.3 is 0 Å². The topological polar surface area (TPSA) is 78.5 Å². The van der Waals surface area contributed by atoms with Crippen molar-refractivity contribution in [2.45, 2.75) is 13.8 Å². The van der Waals surface area contributed by atoms with Crippen molar-refractivity contribution in [2.24, 2.45) is 0 Å². The molecule has 0 aromatic heterocycles. The molecule has 3 aromatic carbocycles. The summed E-state index contributed by atoms with van der Waals surface area (Å²) in [6.07, 6.45) is 0. The molecule has 0 fully saturated rings. The van der Waals surface area contributed by atoms with E-state index in [1.54, 1.807) is 42.5 Å². The minimum absolute atomic E-state index is 0.0532. The highest BCUT2D eigenvalue weighted by atomic mass is 35.5. The summed E-state index contributed by atoms with van der Waals surface area (Å²) in [6.45, 7) is 3.24. The van der Waals surface area contributed by atoms with E-state index in [-0.39, 0.29) is 17.2 Å². The largest absolute Gasteiger partial charge is 0.350 e. The second kappa shape index (κ2) is 8.88. The van der Waals surface area contributed by atoms with Gasteiger partial charge in [0.2, 0.25) is 5.91 Å². The Morgan fingerprint density at radius 1 is 0.909 bits per heavy atom. The Morgan fingerprint density at radius 3 is 2.15 bits per heavy atom. The number of nitrogens with one attached hydrogen (secondary N) is 2. The molecule has 0 bridgehead atoms. The van der Waals surface area contributed by atoms with E-state index in [0.717, 1.165) is 10.5 Å². The fourth-order valence-electron chi connectivity index (χ4n) is 3.48. The second-order valence-corrected chi connectivity index (χ2v) is 7.93. The molecule has 1 aliphatic heterocycles. The number of anilines is 3. The smallest absolute Gasteiger partial charge is 0.282 e. The number of benzene rings is 3. The van der Waals surface area contributed by atoms with Crippen LogP contribution in [-0.2, 0) is 14.4 Å². The molecule has 33 heavy (non-hydrogen) atoms. The van der Waals surface area contributed by atoms with E-state index in [2.05, 4.69) is 10.6 Å². The highest BCUT2D eigenvalue weighted by Gasteiger charge is 2.40. The Bertz CT molecular complexity index is 1300. The maximum atomic E-state index is 13.5. The van der Waals surface area contributed by atoms with Gasteiger partial charge in [-0.25, -0.2) is 9.29 Å². The normalized spacial score (nSPS) is 13.5. The first-order chi connectivity index (χ1) is 15.7. The van der Waals surface area contributed by atoms with Crippen LogP contribution in [0.15, 0.2) is 72.4 Å². The van der Waals surface area contributed by atoms with E-state index in [0.29, 0.717) is 27.6 Å². The van der Waals surface area contributed by atoms with E-state index in [9.17, 15) is 18.8 Å². The first-order valence-corrected chi connectivity index (χ1v) is 10.4. The monoisotopic (exact) mass is 463 g/mol. The van der Waals surface area contributed by atoms with Crippen LogP contribution in [0, 0.1) is 12.7 Å². The van der Waals surface area contributed by atoms with Gasteiger partial charge in [0.15, 0.2) is 0 Å². The van der Waals surface area contributed by atoms with Crippen LogP contribution < -0.4 is 15.5 Å². The highest BCUT2D eigenvalue weighted by molar-refractivity contribution is 6.46. The lowest BCUT2D eigenvalue weighted by Gasteiger charge is -2.16. The molecular formula is C25H19ClFN3O3. The Labute approximate surface area is 194 Å². The summed E-state index contributed by atoms with van der Waals surface area (Å²) in [6, 6.07) is 16.9. The molecule has 166 valence electrons. The zero-order valence-corrected chi connectivity index (χ0v) is 18.5. The first-order valence-electron chi connectivity index (χ1n) is 10.0. The lowest BCUT2D eigenvalue weighted by molar-refractivity contribution is -0.120. The minimum atomic E-state index is -0.566. The molecule has 0 aliphatic carbocycles. The van der Waals surface area contributed by atoms with E-state index in [4.69, 9.17) is 11.6 Å². The van der Waals surface area contributed by atoms with Crippen molar-refractivity contribution in [1.82, 2.24) is 0 Å². The summed E-state index contributed by atoms with van der Waals surface area (Å²) in [5.41, 5.74) is 2.82. The number of carbonyl (C=O) groups is 3. The van der Waals surface area contributed by atoms with Crippen molar-refractivity contribution in [3.63, 3.8) is 0 Å². The van der Waals surface area contributed by atoms with Crippen LogP contribution in [0.5, 0.6) is 0 Å². The third-order valence-corrected chi connectivity index (χ3v) is 5.51. The van der Waals surface area contributed by atoms with Crippen molar-refractivity contribution in [3.05, 3.63) is 94.4 Å². The van der Waals surface area contributed by atoms with Crippen molar-refractivity contribution in [1.29, 1.82) is 0 Å². The van der Waals surface area contributed by atoms with Crippen LogP contribution in [0.3, 0.4) is 0 Å². The number of imide groups is 1. The molecule has 8 heteroatoms. The molecule has 0 spiro atoms. The maximum Gasteiger partial charge on any atom is 0.282 e. The van der Waals surface area contributed by atoms with Crippen LogP contribution in [0.2, 0.25) is 5.02 Å². The van der Waals surface area contributed by atoms with Gasteiger partial charge in [-0.1, -0.05) is 29.8 Å². The van der Waals surface area contributed by atoms with E-state index < -0.39 is 17.6 Å². The fourth-order valence-corrected chi connectivity index (χ4v) is 3.66. The fraction of sp³-hybridized carbons (Fsp3) is 0.0800. The SMILES string of the molecule is CC(=O)Nc1ccc(N2C(=O)C(Nc3ccc(C)c(Cl)c3)=C(c3ccc(F)cc3)C2=O)cc1. The lowest BCUT2D eigenvalue weighted by atomic mass is 10.0. The van der Waals surface area contributed by atoms with Gasteiger partial charge in [-0.15, -0.1) is 0 Å². The van der Waals surface area contributed by atoms with Gasteiger partial charge in [0.05, 0.1) is 11.3 Å². The number of nitrogens with zero attached hydrogens (tertiary/aromatic N) is 1. The molecule has 0 saturated heterocycles. The van der Waals surface area contributed by atoms with Gasteiger partial charge < -0.3 is 10.6 Å². The average molecular weight is 464 g/mol. The number of hydrogen-bond acceptors (Lipinski definition) is 4. The summed E-state index contributed by atoms with van der Waals surface area (Å²) < 4.78 is 13.5. The predicted octanol–water partition coefficient (Wildman–Crippen LogP) is 5.14. The first kappa shape index (κ1) is 22.2. The van der Waals surface area contributed by atoms with Gasteiger partial charge in [0.25, 0.3) is 11.8 Å². The zero-order valence-electron chi connectivity index (χ0n) is 17.8. The minimum Gasteiger partial charge on any atom is -0.350 e. The number of carbonyl (C=O) groups excluding carboxylic acids is 3.